The smallest absolute Gasteiger partial charge is 0.340 e. The number of carbonyl (C=O) groups excluding carboxylic acids is 1. The lowest BCUT2D eigenvalue weighted by molar-refractivity contribution is -0.159. The van der Waals surface area contributed by atoms with Gasteiger partial charge in [0, 0.05) is 0 Å². The number of carbonyl (C=O) groups is 1. The summed E-state index contributed by atoms with van der Waals surface area (Å²) in [5.74, 6) is -0.371. The Labute approximate surface area is 102 Å². The van der Waals surface area contributed by atoms with Crippen LogP contribution in [0.3, 0.4) is 0 Å². The number of hydrogen-bond acceptors (Lipinski definition) is 4. The highest BCUT2D eigenvalue weighted by Gasteiger charge is 2.15. The zero-order chi connectivity index (χ0) is 12.8. The number of ether oxygens (including phenoxy) is 2. The lowest BCUT2D eigenvalue weighted by Crippen LogP contribution is -2.32. The monoisotopic (exact) mass is 237 g/mol. The van der Waals surface area contributed by atoms with Gasteiger partial charge in [0.25, 0.3) is 0 Å². The molecule has 2 unspecified atom stereocenters. The van der Waals surface area contributed by atoms with Crippen molar-refractivity contribution in [2.75, 3.05) is 14.1 Å². The summed E-state index contributed by atoms with van der Waals surface area (Å²) in [5, 5.41) is 0. The second kappa shape index (κ2) is 6.37. The summed E-state index contributed by atoms with van der Waals surface area (Å²) < 4.78 is 10.7. The molecule has 0 saturated heterocycles. The fourth-order valence-electron chi connectivity index (χ4n) is 1.22. The number of rotatable bonds is 5. The summed E-state index contributed by atoms with van der Waals surface area (Å²) in [5.41, 5.74) is 0.528. The first-order valence-electron chi connectivity index (χ1n) is 5.58. The molecule has 0 aliphatic rings. The number of nitrogens with zero attached hydrogens (tertiary/aromatic N) is 1. The third kappa shape index (κ3) is 4.54. The first kappa shape index (κ1) is 13.7. The maximum Gasteiger partial charge on any atom is 0.340 e. The van der Waals surface area contributed by atoms with Crippen LogP contribution >= 0.6 is 0 Å². The van der Waals surface area contributed by atoms with E-state index in [2.05, 4.69) is 0 Å². The Morgan fingerprint density at radius 2 is 1.76 bits per heavy atom. The second-order valence-corrected chi connectivity index (χ2v) is 4.04. The van der Waals surface area contributed by atoms with Gasteiger partial charge in [-0.3, -0.25) is 4.90 Å². The second-order valence-electron chi connectivity index (χ2n) is 4.04. The standard InChI is InChI=1S/C13H19NO3/c1-10(14(3)4)16-11(2)17-13(15)12-8-6-5-7-9-12/h5-11H,1-4H3. The Balaban J connectivity index is 2.47. The van der Waals surface area contributed by atoms with Crippen LogP contribution < -0.4 is 0 Å². The Hall–Kier alpha value is -1.39. The van der Waals surface area contributed by atoms with Crippen molar-refractivity contribution in [3.8, 4) is 0 Å². The molecule has 2 atom stereocenters. The third-order valence-corrected chi connectivity index (χ3v) is 2.40. The molecule has 17 heavy (non-hydrogen) atoms. The van der Waals surface area contributed by atoms with Crippen LogP contribution in [-0.4, -0.2) is 37.5 Å². The lowest BCUT2D eigenvalue weighted by atomic mass is 10.2. The molecular formula is C13H19NO3. The summed E-state index contributed by atoms with van der Waals surface area (Å²) >= 11 is 0. The maximum atomic E-state index is 11.7. The highest BCUT2D eigenvalue weighted by molar-refractivity contribution is 5.89. The van der Waals surface area contributed by atoms with Crippen LogP contribution in [0.1, 0.15) is 24.2 Å². The van der Waals surface area contributed by atoms with Crippen LogP contribution in [0.4, 0.5) is 0 Å². The molecule has 0 aromatic heterocycles. The Morgan fingerprint density at radius 3 is 2.29 bits per heavy atom. The van der Waals surface area contributed by atoms with E-state index in [1.165, 1.54) is 0 Å². The molecule has 0 saturated carbocycles. The van der Waals surface area contributed by atoms with Crippen LogP contribution in [0.2, 0.25) is 0 Å². The van der Waals surface area contributed by atoms with Crippen LogP contribution in [0.25, 0.3) is 0 Å². The molecule has 0 fully saturated rings. The van der Waals surface area contributed by atoms with Crippen LogP contribution in [0.15, 0.2) is 30.3 Å². The zero-order valence-corrected chi connectivity index (χ0v) is 10.7. The average molecular weight is 237 g/mol. The van der Waals surface area contributed by atoms with Crippen molar-refractivity contribution in [3.63, 3.8) is 0 Å². The van der Waals surface area contributed by atoms with Crippen molar-refractivity contribution in [1.82, 2.24) is 4.90 Å². The molecule has 0 amide bonds. The van der Waals surface area contributed by atoms with Gasteiger partial charge in [0.15, 0.2) is 0 Å². The highest BCUT2D eigenvalue weighted by Crippen LogP contribution is 2.07. The molecule has 0 spiro atoms. The predicted octanol–water partition coefficient (Wildman–Crippen LogP) is 2.11. The minimum Gasteiger partial charge on any atom is -0.432 e. The topological polar surface area (TPSA) is 38.8 Å². The van der Waals surface area contributed by atoms with Crippen LogP contribution in [0, 0.1) is 0 Å². The van der Waals surface area contributed by atoms with E-state index in [-0.39, 0.29) is 12.2 Å². The van der Waals surface area contributed by atoms with Crippen LogP contribution in [-0.2, 0) is 9.47 Å². The molecule has 4 nitrogen and oxygen atoms in total. The van der Waals surface area contributed by atoms with Crippen molar-refractivity contribution in [3.05, 3.63) is 35.9 Å². The van der Waals surface area contributed by atoms with Crippen molar-refractivity contribution in [2.45, 2.75) is 26.4 Å². The quantitative estimate of drug-likeness (QED) is 0.581. The Bertz CT molecular complexity index is 351. The van der Waals surface area contributed by atoms with E-state index in [0.717, 1.165) is 0 Å². The summed E-state index contributed by atoms with van der Waals surface area (Å²) in [6.45, 7) is 3.60. The van der Waals surface area contributed by atoms with Gasteiger partial charge < -0.3 is 9.47 Å². The molecule has 0 bridgehead atoms. The Morgan fingerprint density at radius 1 is 1.18 bits per heavy atom. The molecule has 0 aliphatic carbocycles. The van der Waals surface area contributed by atoms with E-state index in [1.54, 1.807) is 31.2 Å². The van der Waals surface area contributed by atoms with E-state index in [0.29, 0.717) is 5.56 Å². The van der Waals surface area contributed by atoms with Gasteiger partial charge in [0.1, 0.15) is 6.23 Å². The first-order valence-corrected chi connectivity index (χ1v) is 5.58. The third-order valence-electron chi connectivity index (χ3n) is 2.40. The van der Waals surface area contributed by atoms with Gasteiger partial charge >= 0.3 is 5.97 Å². The molecule has 1 aromatic rings. The van der Waals surface area contributed by atoms with E-state index < -0.39 is 6.29 Å². The molecule has 94 valence electrons. The minimum absolute atomic E-state index is 0.103. The van der Waals surface area contributed by atoms with Crippen molar-refractivity contribution >= 4 is 5.97 Å². The SMILES string of the molecule is CC(OC(=O)c1ccccc1)OC(C)N(C)C. The average Bonchev–Trinajstić information content (AvgIpc) is 2.29. The molecule has 0 N–H and O–H groups in total. The summed E-state index contributed by atoms with van der Waals surface area (Å²) in [4.78, 5) is 13.6. The van der Waals surface area contributed by atoms with Gasteiger partial charge in [0.05, 0.1) is 5.56 Å². The molecule has 0 heterocycles. The summed E-state index contributed by atoms with van der Waals surface area (Å²) in [6, 6.07) is 8.87. The van der Waals surface area contributed by atoms with Crippen molar-refractivity contribution < 1.29 is 14.3 Å². The molecule has 4 heteroatoms. The molecular weight excluding hydrogens is 218 g/mol. The number of benzene rings is 1. The molecule has 1 aromatic carbocycles. The minimum atomic E-state index is -0.569. The van der Waals surface area contributed by atoms with Crippen LogP contribution in [0.5, 0.6) is 0 Å². The Kier molecular flexibility index (Phi) is 5.12. The van der Waals surface area contributed by atoms with Crippen molar-refractivity contribution in [1.29, 1.82) is 0 Å². The summed E-state index contributed by atoms with van der Waals surface area (Å²) in [7, 11) is 3.80. The van der Waals surface area contributed by atoms with Gasteiger partial charge in [0.2, 0.25) is 6.29 Å². The first-order chi connectivity index (χ1) is 8.00. The van der Waals surface area contributed by atoms with Gasteiger partial charge in [-0.25, -0.2) is 4.79 Å². The normalized spacial score (nSPS) is 14.4. The molecule has 0 radical (unpaired) electrons. The van der Waals surface area contributed by atoms with E-state index in [9.17, 15) is 4.79 Å². The van der Waals surface area contributed by atoms with Crippen molar-refractivity contribution in [2.24, 2.45) is 0 Å². The fourth-order valence-corrected chi connectivity index (χ4v) is 1.22. The van der Waals surface area contributed by atoms with Gasteiger partial charge in [-0.15, -0.1) is 0 Å². The number of esters is 1. The highest BCUT2D eigenvalue weighted by atomic mass is 16.7. The van der Waals surface area contributed by atoms with Gasteiger partial charge in [-0.05, 0) is 40.1 Å². The van der Waals surface area contributed by atoms with E-state index in [4.69, 9.17) is 9.47 Å². The maximum absolute atomic E-state index is 11.7. The summed E-state index contributed by atoms with van der Waals surface area (Å²) in [6.07, 6.45) is -0.673. The lowest BCUT2D eigenvalue weighted by Gasteiger charge is -2.24. The van der Waals surface area contributed by atoms with Gasteiger partial charge in [-0.1, -0.05) is 18.2 Å². The number of hydrogen-bond donors (Lipinski definition) is 0. The van der Waals surface area contributed by atoms with E-state index >= 15 is 0 Å². The van der Waals surface area contributed by atoms with Gasteiger partial charge in [-0.2, -0.15) is 0 Å². The fraction of sp³-hybridized carbons (Fsp3) is 0.462. The predicted molar refractivity (Wildman–Crippen MR) is 65.6 cm³/mol. The largest absolute Gasteiger partial charge is 0.432 e. The van der Waals surface area contributed by atoms with E-state index in [1.807, 2.05) is 32.0 Å². The molecule has 1 rings (SSSR count). The molecule has 0 aliphatic heterocycles. The zero-order valence-electron chi connectivity index (χ0n) is 10.7.